The van der Waals surface area contributed by atoms with E-state index in [1.807, 2.05) is 72.8 Å². The molecule has 0 saturated carbocycles. The van der Waals surface area contributed by atoms with Gasteiger partial charge in [0.05, 0.1) is 6.42 Å². The van der Waals surface area contributed by atoms with Gasteiger partial charge in [-0.2, -0.15) is 0 Å². The molecule has 3 aromatic rings. The molecule has 0 atom stereocenters. The maximum atomic E-state index is 12.0. The van der Waals surface area contributed by atoms with Gasteiger partial charge in [-0.3, -0.25) is 9.59 Å². The van der Waals surface area contributed by atoms with Crippen molar-refractivity contribution >= 4 is 23.7 Å². The summed E-state index contributed by atoms with van der Waals surface area (Å²) >= 11 is 0. The minimum absolute atomic E-state index is 0.123. The third-order valence-electron chi connectivity index (χ3n) is 4.09. The van der Waals surface area contributed by atoms with E-state index in [0.29, 0.717) is 0 Å². The maximum Gasteiger partial charge on any atom is 0.163 e. The lowest BCUT2D eigenvalue weighted by Crippen LogP contribution is -2.01. The van der Waals surface area contributed by atoms with Crippen LogP contribution in [0, 0.1) is 0 Å². The average molecular weight is 352 g/mol. The Kier molecular flexibility index (Phi) is 6.26. The van der Waals surface area contributed by atoms with E-state index in [0.717, 1.165) is 22.3 Å². The lowest BCUT2D eigenvalue weighted by Gasteiger charge is -2.01. The predicted molar refractivity (Wildman–Crippen MR) is 111 cm³/mol. The standard InChI is InChI=1S/C25H20O2/c26-24(17-13-20-7-3-1-4-8-20)19-25(27)18-14-21-11-15-23(16-12-21)22-9-5-2-6-10-22/h1-18H,19H2/b17-13+,18-14+. The highest BCUT2D eigenvalue weighted by atomic mass is 16.1. The molecule has 0 aliphatic carbocycles. The first kappa shape index (κ1) is 18.3. The summed E-state index contributed by atoms with van der Waals surface area (Å²) < 4.78 is 0. The fraction of sp³-hybridized carbons (Fsp3) is 0.0400. The van der Waals surface area contributed by atoms with E-state index in [1.165, 1.54) is 12.2 Å². The van der Waals surface area contributed by atoms with Crippen LogP contribution in [0.5, 0.6) is 0 Å². The van der Waals surface area contributed by atoms with E-state index >= 15 is 0 Å². The van der Waals surface area contributed by atoms with Crippen LogP contribution in [-0.2, 0) is 9.59 Å². The second-order valence-electron chi connectivity index (χ2n) is 6.17. The van der Waals surface area contributed by atoms with Crippen molar-refractivity contribution in [1.82, 2.24) is 0 Å². The van der Waals surface area contributed by atoms with Crippen LogP contribution in [-0.4, -0.2) is 11.6 Å². The SMILES string of the molecule is O=C(/C=C/c1ccccc1)CC(=O)/C=C/c1ccc(-c2ccccc2)cc1. The van der Waals surface area contributed by atoms with Gasteiger partial charge in [0.25, 0.3) is 0 Å². The first-order valence-electron chi connectivity index (χ1n) is 8.83. The molecule has 3 aromatic carbocycles. The van der Waals surface area contributed by atoms with E-state index < -0.39 is 0 Å². The highest BCUT2D eigenvalue weighted by molar-refractivity contribution is 6.10. The average Bonchev–Trinajstić information content (AvgIpc) is 2.72. The van der Waals surface area contributed by atoms with Gasteiger partial charge in [0.2, 0.25) is 0 Å². The summed E-state index contributed by atoms with van der Waals surface area (Å²) in [5.41, 5.74) is 4.14. The van der Waals surface area contributed by atoms with Crippen LogP contribution in [0.25, 0.3) is 23.3 Å². The monoisotopic (exact) mass is 352 g/mol. The number of carbonyl (C=O) groups excluding carboxylic acids is 2. The molecule has 3 rings (SSSR count). The van der Waals surface area contributed by atoms with Crippen molar-refractivity contribution in [2.45, 2.75) is 6.42 Å². The summed E-state index contributed by atoms with van der Waals surface area (Å²) in [6, 6.07) is 27.6. The molecule has 27 heavy (non-hydrogen) atoms. The molecular formula is C25H20O2. The number of hydrogen-bond donors (Lipinski definition) is 0. The predicted octanol–water partition coefficient (Wildman–Crippen LogP) is 5.61. The fourth-order valence-corrected chi connectivity index (χ4v) is 2.65. The van der Waals surface area contributed by atoms with Crippen molar-refractivity contribution < 1.29 is 9.59 Å². The molecule has 0 radical (unpaired) electrons. The molecule has 0 amide bonds. The Morgan fingerprint density at radius 1 is 0.556 bits per heavy atom. The topological polar surface area (TPSA) is 34.1 Å². The minimum atomic E-state index is -0.204. The lowest BCUT2D eigenvalue weighted by molar-refractivity contribution is -0.121. The van der Waals surface area contributed by atoms with Crippen molar-refractivity contribution in [3.8, 4) is 11.1 Å². The Labute approximate surface area is 159 Å². The maximum absolute atomic E-state index is 12.0. The van der Waals surface area contributed by atoms with Crippen LogP contribution in [0.3, 0.4) is 0 Å². The summed E-state index contributed by atoms with van der Waals surface area (Å²) in [6.07, 6.45) is 6.26. The number of rotatable bonds is 7. The first-order chi connectivity index (χ1) is 13.2. The Morgan fingerprint density at radius 3 is 1.56 bits per heavy atom. The normalized spacial score (nSPS) is 11.1. The Balaban J connectivity index is 1.55. The zero-order chi connectivity index (χ0) is 18.9. The van der Waals surface area contributed by atoms with Crippen LogP contribution in [0.1, 0.15) is 17.5 Å². The van der Waals surface area contributed by atoms with Gasteiger partial charge in [-0.15, -0.1) is 0 Å². The molecule has 0 heterocycles. The summed E-state index contributed by atoms with van der Waals surface area (Å²) in [5.74, 6) is -0.405. The molecule has 132 valence electrons. The van der Waals surface area contributed by atoms with Crippen molar-refractivity contribution in [3.05, 3.63) is 108 Å². The van der Waals surface area contributed by atoms with Gasteiger partial charge in [0.1, 0.15) is 0 Å². The highest BCUT2D eigenvalue weighted by Gasteiger charge is 2.03. The number of ketones is 2. The van der Waals surface area contributed by atoms with E-state index in [4.69, 9.17) is 0 Å². The zero-order valence-corrected chi connectivity index (χ0v) is 14.9. The highest BCUT2D eigenvalue weighted by Crippen LogP contribution is 2.19. The van der Waals surface area contributed by atoms with Crippen LogP contribution in [0.2, 0.25) is 0 Å². The molecule has 2 nitrogen and oxygen atoms in total. The summed E-state index contributed by atoms with van der Waals surface area (Å²) in [5, 5.41) is 0. The van der Waals surface area contributed by atoms with E-state index in [-0.39, 0.29) is 18.0 Å². The fourth-order valence-electron chi connectivity index (χ4n) is 2.65. The molecular weight excluding hydrogens is 332 g/mol. The molecule has 0 N–H and O–H groups in total. The van der Waals surface area contributed by atoms with Crippen molar-refractivity contribution in [1.29, 1.82) is 0 Å². The third-order valence-corrected chi connectivity index (χ3v) is 4.09. The van der Waals surface area contributed by atoms with Gasteiger partial charge >= 0.3 is 0 Å². The number of hydrogen-bond acceptors (Lipinski definition) is 2. The number of benzene rings is 3. The molecule has 0 unspecified atom stereocenters. The quantitative estimate of drug-likeness (QED) is 0.409. The molecule has 0 saturated heterocycles. The first-order valence-corrected chi connectivity index (χ1v) is 8.83. The molecule has 0 spiro atoms. The minimum Gasteiger partial charge on any atom is -0.294 e. The van der Waals surface area contributed by atoms with Gasteiger partial charge in [-0.25, -0.2) is 0 Å². The van der Waals surface area contributed by atoms with E-state index in [1.54, 1.807) is 12.2 Å². The molecule has 0 bridgehead atoms. The second-order valence-corrected chi connectivity index (χ2v) is 6.17. The molecule has 0 fully saturated rings. The Hall–Kier alpha value is -3.52. The summed E-state index contributed by atoms with van der Waals surface area (Å²) in [7, 11) is 0. The van der Waals surface area contributed by atoms with Crippen LogP contribution in [0.4, 0.5) is 0 Å². The van der Waals surface area contributed by atoms with Gasteiger partial charge in [-0.05, 0) is 34.4 Å². The van der Waals surface area contributed by atoms with Crippen LogP contribution >= 0.6 is 0 Å². The van der Waals surface area contributed by atoms with Crippen LogP contribution < -0.4 is 0 Å². The summed E-state index contributed by atoms with van der Waals surface area (Å²) in [6.45, 7) is 0. The molecule has 0 aromatic heterocycles. The molecule has 0 aliphatic rings. The van der Waals surface area contributed by atoms with E-state index in [2.05, 4.69) is 12.1 Å². The van der Waals surface area contributed by atoms with Gasteiger partial charge < -0.3 is 0 Å². The van der Waals surface area contributed by atoms with Crippen LogP contribution in [0.15, 0.2) is 97.1 Å². The smallest absolute Gasteiger partial charge is 0.163 e. The molecule has 2 heteroatoms. The van der Waals surface area contributed by atoms with Crippen molar-refractivity contribution in [3.63, 3.8) is 0 Å². The largest absolute Gasteiger partial charge is 0.294 e. The molecule has 0 aliphatic heterocycles. The number of allylic oxidation sites excluding steroid dienone is 2. The zero-order valence-electron chi connectivity index (χ0n) is 14.9. The summed E-state index contributed by atoms with van der Waals surface area (Å²) in [4.78, 5) is 23.9. The van der Waals surface area contributed by atoms with Gasteiger partial charge in [0.15, 0.2) is 11.6 Å². The van der Waals surface area contributed by atoms with Crippen molar-refractivity contribution in [2.75, 3.05) is 0 Å². The Bertz CT molecular complexity index is 950. The lowest BCUT2D eigenvalue weighted by atomic mass is 10.0. The van der Waals surface area contributed by atoms with Gasteiger partial charge in [0, 0.05) is 0 Å². The van der Waals surface area contributed by atoms with Crippen molar-refractivity contribution in [2.24, 2.45) is 0 Å². The Morgan fingerprint density at radius 2 is 1.00 bits per heavy atom. The second kappa shape index (κ2) is 9.25. The third kappa shape index (κ3) is 5.75. The van der Waals surface area contributed by atoms with Gasteiger partial charge in [-0.1, -0.05) is 97.1 Å². The van der Waals surface area contributed by atoms with E-state index in [9.17, 15) is 9.59 Å². The number of carbonyl (C=O) groups is 2.